The van der Waals surface area contributed by atoms with Crippen LogP contribution in [-0.4, -0.2) is 61.0 Å². The third-order valence-electron chi connectivity index (χ3n) is 6.60. The normalized spacial score (nSPS) is 19.2. The molecule has 0 spiro atoms. The predicted molar refractivity (Wildman–Crippen MR) is 133 cm³/mol. The smallest absolute Gasteiger partial charge is 0.341 e. The van der Waals surface area contributed by atoms with Crippen molar-refractivity contribution in [1.29, 1.82) is 0 Å². The average Bonchev–Trinajstić information content (AvgIpc) is 3.13. The number of nitrogens with zero attached hydrogens (tertiary/aromatic N) is 2. The largest absolute Gasteiger partial charge is 0.462 e. The molecule has 1 aliphatic heterocycles. The van der Waals surface area contributed by atoms with Gasteiger partial charge in [-0.25, -0.2) is 4.79 Å². The standard InChI is InChI=1S/C26H35N3O3S/c1-4-32-26(31)24-21-10-7-19(3)15-22(21)33-25(24)27-23(30)17-29-13-11-28(12-14-29)16-20-8-5-18(2)6-9-20/h5-6,8-9,19H,4,7,10-17H2,1-3H3,(H,27,30). The van der Waals surface area contributed by atoms with Crippen LogP contribution in [0.3, 0.4) is 0 Å². The van der Waals surface area contributed by atoms with Crippen molar-refractivity contribution in [3.05, 3.63) is 51.4 Å². The first-order chi connectivity index (χ1) is 15.9. The van der Waals surface area contributed by atoms with Crippen molar-refractivity contribution in [3.63, 3.8) is 0 Å². The Morgan fingerprint density at radius 2 is 1.82 bits per heavy atom. The van der Waals surface area contributed by atoms with Crippen LogP contribution >= 0.6 is 11.3 Å². The number of ether oxygens (including phenoxy) is 1. The molecule has 1 unspecified atom stereocenters. The van der Waals surface area contributed by atoms with Crippen LogP contribution in [0.15, 0.2) is 24.3 Å². The van der Waals surface area contributed by atoms with Gasteiger partial charge in [-0.3, -0.25) is 14.6 Å². The number of carbonyl (C=O) groups excluding carboxylic acids is 2. The van der Waals surface area contributed by atoms with E-state index >= 15 is 0 Å². The summed E-state index contributed by atoms with van der Waals surface area (Å²) < 4.78 is 5.32. The summed E-state index contributed by atoms with van der Waals surface area (Å²) in [7, 11) is 0. The molecule has 33 heavy (non-hydrogen) atoms. The second-order valence-electron chi connectivity index (χ2n) is 9.36. The van der Waals surface area contributed by atoms with Crippen LogP contribution < -0.4 is 5.32 Å². The molecule has 178 valence electrons. The highest BCUT2D eigenvalue weighted by molar-refractivity contribution is 7.17. The molecule has 4 rings (SSSR count). The van der Waals surface area contributed by atoms with Crippen molar-refractivity contribution in [1.82, 2.24) is 9.80 Å². The quantitative estimate of drug-likeness (QED) is 0.619. The summed E-state index contributed by atoms with van der Waals surface area (Å²) in [6, 6.07) is 8.70. The van der Waals surface area contributed by atoms with Crippen molar-refractivity contribution < 1.29 is 14.3 Å². The molecule has 1 N–H and O–H groups in total. The molecule has 1 aromatic heterocycles. The Kier molecular flexibility index (Phi) is 7.83. The van der Waals surface area contributed by atoms with E-state index in [1.807, 2.05) is 6.92 Å². The zero-order chi connectivity index (χ0) is 23.4. The van der Waals surface area contributed by atoms with Crippen molar-refractivity contribution in [2.75, 3.05) is 44.6 Å². The molecule has 1 aliphatic carbocycles. The fraction of sp³-hybridized carbons (Fsp3) is 0.538. The Bertz CT molecular complexity index is 977. The van der Waals surface area contributed by atoms with E-state index in [-0.39, 0.29) is 11.9 Å². The number of esters is 1. The maximum atomic E-state index is 12.9. The van der Waals surface area contributed by atoms with Gasteiger partial charge in [-0.15, -0.1) is 11.3 Å². The summed E-state index contributed by atoms with van der Waals surface area (Å²) >= 11 is 1.55. The Labute approximate surface area is 200 Å². The molecule has 1 saturated heterocycles. The Morgan fingerprint density at radius 1 is 1.12 bits per heavy atom. The van der Waals surface area contributed by atoms with Gasteiger partial charge in [0.2, 0.25) is 5.91 Å². The molecule has 7 heteroatoms. The molecule has 1 atom stereocenters. The van der Waals surface area contributed by atoms with E-state index in [9.17, 15) is 9.59 Å². The summed E-state index contributed by atoms with van der Waals surface area (Å²) in [6.45, 7) is 11.4. The molecule has 0 bridgehead atoms. The zero-order valence-electron chi connectivity index (χ0n) is 20.0. The minimum atomic E-state index is -0.315. The average molecular weight is 470 g/mol. The fourth-order valence-electron chi connectivity index (χ4n) is 4.68. The van der Waals surface area contributed by atoms with Gasteiger partial charge in [0.15, 0.2) is 0 Å². The lowest BCUT2D eigenvalue weighted by atomic mass is 9.88. The van der Waals surface area contributed by atoms with Gasteiger partial charge in [0.25, 0.3) is 0 Å². The predicted octanol–water partition coefficient (Wildman–Crippen LogP) is 4.11. The van der Waals surface area contributed by atoms with Gasteiger partial charge in [0, 0.05) is 37.6 Å². The molecule has 2 heterocycles. The third kappa shape index (κ3) is 6.02. The molecule has 2 aromatic rings. The van der Waals surface area contributed by atoms with E-state index in [1.165, 1.54) is 16.0 Å². The van der Waals surface area contributed by atoms with Crippen LogP contribution in [0.25, 0.3) is 0 Å². The lowest BCUT2D eigenvalue weighted by Crippen LogP contribution is -2.48. The van der Waals surface area contributed by atoms with Crippen molar-refractivity contribution in [3.8, 4) is 0 Å². The number of piperazine rings is 1. The monoisotopic (exact) mass is 469 g/mol. The maximum Gasteiger partial charge on any atom is 0.341 e. The van der Waals surface area contributed by atoms with Crippen LogP contribution in [0, 0.1) is 12.8 Å². The molecule has 0 radical (unpaired) electrons. The third-order valence-corrected chi connectivity index (χ3v) is 7.77. The first-order valence-corrected chi connectivity index (χ1v) is 12.9. The second kappa shape index (κ2) is 10.8. The van der Waals surface area contributed by atoms with Crippen molar-refractivity contribution >= 4 is 28.2 Å². The molecule has 1 fully saturated rings. The van der Waals surface area contributed by atoms with Gasteiger partial charge in [-0.1, -0.05) is 36.8 Å². The number of hydrogen-bond acceptors (Lipinski definition) is 6. The van der Waals surface area contributed by atoms with Gasteiger partial charge >= 0.3 is 5.97 Å². The molecule has 2 aliphatic rings. The minimum absolute atomic E-state index is 0.0563. The van der Waals surface area contributed by atoms with E-state index in [0.717, 1.165) is 57.5 Å². The van der Waals surface area contributed by atoms with Crippen LogP contribution in [0.5, 0.6) is 0 Å². The Morgan fingerprint density at radius 3 is 2.52 bits per heavy atom. The minimum Gasteiger partial charge on any atom is -0.462 e. The summed E-state index contributed by atoms with van der Waals surface area (Å²) in [4.78, 5) is 31.4. The number of benzene rings is 1. The summed E-state index contributed by atoms with van der Waals surface area (Å²) in [5.74, 6) is 0.231. The summed E-state index contributed by atoms with van der Waals surface area (Å²) in [6.07, 6.45) is 2.90. The maximum absolute atomic E-state index is 12.9. The van der Waals surface area contributed by atoms with E-state index in [4.69, 9.17) is 4.74 Å². The van der Waals surface area contributed by atoms with Crippen LogP contribution in [0.2, 0.25) is 0 Å². The number of nitrogens with one attached hydrogen (secondary N) is 1. The first kappa shape index (κ1) is 23.9. The highest BCUT2D eigenvalue weighted by Crippen LogP contribution is 2.40. The molecule has 1 aromatic carbocycles. The van der Waals surface area contributed by atoms with Crippen molar-refractivity contribution in [2.24, 2.45) is 5.92 Å². The number of fused-ring (bicyclic) bond motifs is 1. The summed E-state index contributed by atoms with van der Waals surface area (Å²) in [5.41, 5.74) is 4.27. The number of hydrogen-bond donors (Lipinski definition) is 1. The highest BCUT2D eigenvalue weighted by atomic mass is 32.1. The summed E-state index contributed by atoms with van der Waals surface area (Å²) in [5, 5.41) is 3.71. The highest BCUT2D eigenvalue weighted by Gasteiger charge is 2.29. The molecule has 1 amide bonds. The number of amides is 1. The van der Waals surface area contributed by atoms with Crippen molar-refractivity contribution in [2.45, 2.75) is 46.6 Å². The number of aryl methyl sites for hydroxylation is 1. The zero-order valence-corrected chi connectivity index (χ0v) is 20.8. The van der Waals surface area contributed by atoms with Crippen LogP contribution in [0.1, 0.15) is 52.2 Å². The number of carbonyl (C=O) groups is 2. The SMILES string of the molecule is CCOC(=O)c1c(NC(=O)CN2CCN(Cc3ccc(C)cc3)CC2)sc2c1CCC(C)C2. The van der Waals surface area contributed by atoms with E-state index in [0.29, 0.717) is 29.6 Å². The number of anilines is 1. The van der Waals surface area contributed by atoms with Gasteiger partial charge in [0.1, 0.15) is 5.00 Å². The van der Waals surface area contributed by atoms with E-state index in [1.54, 1.807) is 11.3 Å². The van der Waals surface area contributed by atoms with E-state index in [2.05, 4.69) is 53.2 Å². The van der Waals surface area contributed by atoms with Crippen LogP contribution in [0.4, 0.5) is 5.00 Å². The molecule has 0 saturated carbocycles. The molecular formula is C26H35N3O3S. The number of rotatable bonds is 7. The first-order valence-electron chi connectivity index (χ1n) is 12.0. The topological polar surface area (TPSA) is 61.9 Å². The van der Waals surface area contributed by atoms with Gasteiger partial charge in [-0.05, 0) is 50.2 Å². The van der Waals surface area contributed by atoms with Gasteiger partial charge in [-0.2, -0.15) is 0 Å². The van der Waals surface area contributed by atoms with Crippen LogP contribution in [-0.2, 0) is 28.9 Å². The van der Waals surface area contributed by atoms with E-state index < -0.39 is 0 Å². The Hall–Kier alpha value is -2.22. The molecule has 6 nitrogen and oxygen atoms in total. The van der Waals surface area contributed by atoms with Gasteiger partial charge in [0.05, 0.1) is 18.7 Å². The van der Waals surface area contributed by atoms with Gasteiger partial charge < -0.3 is 10.1 Å². The second-order valence-corrected chi connectivity index (χ2v) is 10.5. The molecular weight excluding hydrogens is 434 g/mol. The Balaban J connectivity index is 1.33. The number of thiophene rings is 1. The lowest BCUT2D eigenvalue weighted by Gasteiger charge is -2.34. The fourth-order valence-corrected chi connectivity index (χ4v) is 6.10. The lowest BCUT2D eigenvalue weighted by molar-refractivity contribution is -0.117.